The lowest BCUT2D eigenvalue weighted by Crippen LogP contribution is -2.39. The molecule has 0 fully saturated rings. The van der Waals surface area contributed by atoms with Gasteiger partial charge in [0.2, 0.25) is 5.91 Å². The summed E-state index contributed by atoms with van der Waals surface area (Å²) in [7, 11) is 4.69. The molecule has 3 rings (SSSR count). The Kier molecular flexibility index (Phi) is 6.10. The summed E-state index contributed by atoms with van der Waals surface area (Å²) in [6, 6.07) is 9.35. The van der Waals surface area contributed by atoms with Gasteiger partial charge >= 0.3 is 0 Å². The van der Waals surface area contributed by atoms with Crippen LogP contribution in [0.1, 0.15) is 24.0 Å². The van der Waals surface area contributed by atoms with Crippen molar-refractivity contribution in [2.24, 2.45) is 5.92 Å². The van der Waals surface area contributed by atoms with Crippen LogP contribution in [-0.2, 0) is 9.59 Å². The number of halogens is 1. The van der Waals surface area contributed by atoms with Gasteiger partial charge in [-0.15, -0.1) is 0 Å². The summed E-state index contributed by atoms with van der Waals surface area (Å²) in [5.74, 6) is -0.733. The summed E-state index contributed by atoms with van der Waals surface area (Å²) in [5, 5.41) is 2.92. The van der Waals surface area contributed by atoms with Gasteiger partial charge in [-0.2, -0.15) is 0 Å². The molecule has 0 aromatic heterocycles. The predicted octanol–water partition coefficient (Wildman–Crippen LogP) is 3.87. The lowest BCUT2D eigenvalue weighted by molar-refractivity contribution is -0.132. The van der Waals surface area contributed by atoms with Crippen molar-refractivity contribution in [3.63, 3.8) is 0 Å². The molecule has 0 saturated carbocycles. The maximum atomic E-state index is 13.4. The van der Waals surface area contributed by atoms with Crippen molar-refractivity contribution in [2.75, 3.05) is 26.6 Å². The number of anilines is 1. The van der Waals surface area contributed by atoms with E-state index in [1.54, 1.807) is 51.5 Å². The fourth-order valence-corrected chi connectivity index (χ4v) is 3.73. The van der Waals surface area contributed by atoms with Gasteiger partial charge in [-0.05, 0) is 36.2 Å². The Morgan fingerprint density at radius 2 is 1.70 bits per heavy atom. The molecule has 2 aromatic rings. The third kappa shape index (κ3) is 4.01. The van der Waals surface area contributed by atoms with Crippen LogP contribution in [0.25, 0.3) is 0 Å². The van der Waals surface area contributed by atoms with E-state index in [-0.39, 0.29) is 17.6 Å². The average molecular weight is 412 g/mol. The number of carbonyl (C=O) groups excluding carboxylic acids is 2. The average Bonchev–Trinajstić information content (AvgIpc) is 2.73. The summed E-state index contributed by atoms with van der Waals surface area (Å²) in [6.07, 6.45) is 1.54. The first-order chi connectivity index (χ1) is 14.3. The highest BCUT2D eigenvalue weighted by molar-refractivity contribution is 6.07. The Bertz CT molecular complexity index is 1000. The fraction of sp³-hybridized carbons (Fsp3) is 0.304. The first kappa shape index (κ1) is 21.4. The van der Waals surface area contributed by atoms with Gasteiger partial charge in [0, 0.05) is 42.4 Å². The molecule has 2 aromatic carbocycles. The van der Waals surface area contributed by atoms with Gasteiger partial charge in [-0.3, -0.25) is 9.59 Å². The van der Waals surface area contributed by atoms with E-state index < -0.39 is 11.8 Å². The molecular weight excluding hydrogens is 387 g/mol. The molecule has 158 valence electrons. The Morgan fingerprint density at radius 3 is 2.30 bits per heavy atom. The molecule has 1 heterocycles. The van der Waals surface area contributed by atoms with Crippen LogP contribution in [0.2, 0.25) is 0 Å². The molecule has 0 saturated heterocycles. The standard InChI is InChI=1S/C23H25FN2O4/c1-13-10-19(29-4)20(30-5)11-18(13)25-22(27)17-12-26(3)23(28)14(2)21(17)15-6-8-16(24)9-7-15/h6-12,14,21H,1-5H3,(H,25,27). The molecule has 30 heavy (non-hydrogen) atoms. The van der Waals surface area contributed by atoms with Crippen LogP contribution >= 0.6 is 0 Å². The Hall–Kier alpha value is -3.35. The topological polar surface area (TPSA) is 67.9 Å². The number of methoxy groups -OCH3 is 2. The number of ether oxygens (including phenoxy) is 2. The van der Waals surface area contributed by atoms with Gasteiger partial charge in [0.05, 0.1) is 14.2 Å². The number of nitrogens with zero attached hydrogens (tertiary/aromatic N) is 1. The van der Waals surface area contributed by atoms with Crippen molar-refractivity contribution < 1.29 is 23.5 Å². The monoisotopic (exact) mass is 412 g/mol. The Morgan fingerprint density at radius 1 is 1.10 bits per heavy atom. The normalized spacial score (nSPS) is 18.7. The van der Waals surface area contributed by atoms with Crippen LogP contribution in [-0.4, -0.2) is 38.0 Å². The highest BCUT2D eigenvalue weighted by Crippen LogP contribution is 2.38. The SMILES string of the molecule is COc1cc(C)c(NC(=O)C2=CN(C)C(=O)C(C)C2c2ccc(F)cc2)cc1OC. The zero-order chi connectivity index (χ0) is 22.0. The molecule has 0 radical (unpaired) electrons. The molecule has 0 bridgehead atoms. The third-order valence-electron chi connectivity index (χ3n) is 5.38. The van der Waals surface area contributed by atoms with E-state index in [1.165, 1.54) is 24.1 Å². The minimum absolute atomic E-state index is 0.108. The van der Waals surface area contributed by atoms with Crippen molar-refractivity contribution >= 4 is 17.5 Å². The molecule has 1 aliphatic heterocycles. The summed E-state index contributed by atoms with van der Waals surface area (Å²) >= 11 is 0. The summed E-state index contributed by atoms with van der Waals surface area (Å²) in [6.45, 7) is 3.62. The zero-order valence-corrected chi connectivity index (χ0v) is 17.7. The summed E-state index contributed by atoms with van der Waals surface area (Å²) in [5.41, 5.74) is 2.50. The van der Waals surface area contributed by atoms with Gasteiger partial charge in [0.25, 0.3) is 5.91 Å². The van der Waals surface area contributed by atoms with Crippen LogP contribution in [0.4, 0.5) is 10.1 Å². The molecule has 0 aliphatic carbocycles. The molecule has 7 heteroatoms. The maximum Gasteiger partial charge on any atom is 0.253 e. The molecule has 1 N–H and O–H groups in total. The van der Waals surface area contributed by atoms with Crippen molar-refractivity contribution in [1.82, 2.24) is 4.90 Å². The zero-order valence-electron chi connectivity index (χ0n) is 17.7. The molecule has 6 nitrogen and oxygen atoms in total. The lowest BCUT2D eigenvalue weighted by atomic mass is 9.78. The summed E-state index contributed by atoms with van der Waals surface area (Å²) < 4.78 is 24.0. The van der Waals surface area contributed by atoms with Crippen LogP contribution in [0.5, 0.6) is 11.5 Å². The smallest absolute Gasteiger partial charge is 0.253 e. The second kappa shape index (κ2) is 8.57. The molecule has 0 spiro atoms. The van der Waals surface area contributed by atoms with Gasteiger partial charge < -0.3 is 19.7 Å². The van der Waals surface area contributed by atoms with E-state index in [9.17, 15) is 14.0 Å². The number of aryl methyl sites for hydroxylation is 1. The second-order valence-corrected chi connectivity index (χ2v) is 7.33. The van der Waals surface area contributed by atoms with Gasteiger partial charge in [-0.1, -0.05) is 19.1 Å². The summed E-state index contributed by atoms with van der Waals surface area (Å²) in [4.78, 5) is 27.2. The van der Waals surface area contributed by atoms with Crippen LogP contribution in [0.3, 0.4) is 0 Å². The van der Waals surface area contributed by atoms with E-state index in [4.69, 9.17) is 9.47 Å². The molecule has 2 amide bonds. The number of rotatable bonds is 5. The van der Waals surface area contributed by atoms with Crippen LogP contribution < -0.4 is 14.8 Å². The highest BCUT2D eigenvalue weighted by Gasteiger charge is 2.37. The molecule has 2 unspecified atom stereocenters. The lowest BCUT2D eigenvalue weighted by Gasteiger charge is -2.33. The maximum absolute atomic E-state index is 13.4. The predicted molar refractivity (Wildman–Crippen MR) is 112 cm³/mol. The molecule has 1 aliphatic rings. The van der Waals surface area contributed by atoms with Crippen molar-refractivity contribution in [3.8, 4) is 11.5 Å². The number of amides is 2. The van der Waals surface area contributed by atoms with Gasteiger partial charge in [-0.25, -0.2) is 4.39 Å². The van der Waals surface area contributed by atoms with E-state index in [1.807, 2.05) is 6.92 Å². The highest BCUT2D eigenvalue weighted by atomic mass is 19.1. The largest absolute Gasteiger partial charge is 0.493 e. The van der Waals surface area contributed by atoms with Crippen molar-refractivity contribution in [3.05, 3.63) is 65.1 Å². The minimum atomic E-state index is -0.491. The fourth-order valence-electron chi connectivity index (χ4n) is 3.73. The van der Waals surface area contributed by atoms with E-state index >= 15 is 0 Å². The Labute approximate surface area is 175 Å². The van der Waals surface area contributed by atoms with Crippen LogP contribution in [0, 0.1) is 18.7 Å². The minimum Gasteiger partial charge on any atom is -0.493 e. The first-order valence-electron chi connectivity index (χ1n) is 9.54. The molecule has 2 atom stereocenters. The first-order valence-corrected chi connectivity index (χ1v) is 9.54. The van der Waals surface area contributed by atoms with Gasteiger partial charge in [0.15, 0.2) is 11.5 Å². The van der Waals surface area contributed by atoms with Crippen LogP contribution in [0.15, 0.2) is 48.2 Å². The number of carbonyl (C=O) groups is 2. The molecular formula is C23H25FN2O4. The van der Waals surface area contributed by atoms with Crippen molar-refractivity contribution in [1.29, 1.82) is 0 Å². The van der Waals surface area contributed by atoms with E-state index in [2.05, 4.69) is 5.32 Å². The quantitative estimate of drug-likeness (QED) is 0.810. The number of benzene rings is 2. The van der Waals surface area contributed by atoms with Crippen molar-refractivity contribution in [2.45, 2.75) is 19.8 Å². The van der Waals surface area contributed by atoms with E-state index in [0.29, 0.717) is 28.3 Å². The number of nitrogens with one attached hydrogen (secondary N) is 1. The second-order valence-electron chi connectivity index (χ2n) is 7.33. The van der Waals surface area contributed by atoms with Gasteiger partial charge in [0.1, 0.15) is 5.82 Å². The number of hydrogen-bond donors (Lipinski definition) is 1. The Balaban J connectivity index is 1.99. The third-order valence-corrected chi connectivity index (χ3v) is 5.38. The number of hydrogen-bond acceptors (Lipinski definition) is 4. The van der Waals surface area contributed by atoms with E-state index in [0.717, 1.165) is 5.56 Å².